The molecule has 0 bridgehead atoms. The van der Waals surface area contributed by atoms with Crippen LogP contribution in [0.5, 0.6) is 0 Å². The van der Waals surface area contributed by atoms with Crippen LogP contribution >= 0.6 is 0 Å². The zero-order chi connectivity index (χ0) is 14.6. The van der Waals surface area contributed by atoms with E-state index in [4.69, 9.17) is 0 Å². The molecular weight excluding hydrogens is 244 g/mol. The number of carboxylic acid groups (broad SMARTS) is 1. The maximum absolute atomic E-state index is 12.2. The summed E-state index contributed by atoms with van der Waals surface area (Å²) in [5.74, 6) is -0.864. The Balaban J connectivity index is 2.62. The lowest BCUT2D eigenvalue weighted by atomic mass is 9.88. The van der Waals surface area contributed by atoms with Gasteiger partial charge in [0.15, 0.2) is 0 Å². The van der Waals surface area contributed by atoms with E-state index in [0.29, 0.717) is 6.42 Å². The molecule has 0 aliphatic carbocycles. The van der Waals surface area contributed by atoms with Gasteiger partial charge < -0.3 is 15.3 Å². The first-order valence-corrected chi connectivity index (χ1v) is 7.15. The monoisotopic (exact) mass is 270 g/mol. The first-order chi connectivity index (χ1) is 8.85. The second-order valence-electron chi connectivity index (χ2n) is 5.77. The average Bonchev–Trinajstić information content (AvgIpc) is 2.76. The fraction of sp³-hybridized carbons (Fsp3) is 0.857. The lowest BCUT2D eigenvalue weighted by Gasteiger charge is -2.30. The molecule has 2 N–H and O–H groups in total. The number of likely N-dealkylation sites (tertiary alicyclic amines) is 1. The molecule has 1 heterocycles. The number of nitrogens with zero attached hydrogens (tertiary/aromatic N) is 1. The highest BCUT2D eigenvalue weighted by Gasteiger charge is 2.36. The van der Waals surface area contributed by atoms with Gasteiger partial charge in [-0.25, -0.2) is 4.79 Å². The van der Waals surface area contributed by atoms with Gasteiger partial charge in [-0.2, -0.15) is 0 Å². The third-order valence-corrected chi connectivity index (χ3v) is 4.42. The van der Waals surface area contributed by atoms with Gasteiger partial charge in [0.05, 0.1) is 5.41 Å². The van der Waals surface area contributed by atoms with Gasteiger partial charge in [-0.1, -0.05) is 13.8 Å². The highest BCUT2D eigenvalue weighted by atomic mass is 16.4. The van der Waals surface area contributed by atoms with Crippen molar-refractivity contribution < 1.29 is 14.7 Å². The number of carbonyl (C=O) groups excluding carboxylic acids is 1. The average molecular weight is 270 g/mol. The molecule has 110 valence electrons. The largest absolute Gasteiger partial charge is 0.481 e. The maximum atomic E-state index is 12.2. The van der Waals surface area contributed by atoms with Crippen molar-refractivity contribution >= 4 is 12.0 Å². The van der Waals surface area contributed by atoms with E-state index in [1.54, 1.807) is 6.92 Å². The van der Waals surface area contributed by atoms with Gasteiger partial charge in [-0.3, -0.25) is 4.79 Å². The van der Waals surface area contributed by atoms with Gasteiger partial charge in [-0.05, 0) is 39.5 Å². The second-order valence-corrected chi connectivity index (χ2v) is 5.77. The minimum absolute atomic E-state index is 0.127. The smallest absolute Gasteiger partial charge is 0.317 e. The molecule has 5 nitrogen and oxygen atoms in total. The summed E-state index contributed by atoms with van der Waals surface area (Å²) in [6.07, 6.45) is 3.50. The molecule has 1 saturated heterocycles. The molecule has 2 amide bonds. The summed E-state index contributed by atoms with van der Waals surface area (Å²) in [5, 5.41) is 12.0. The van der Waals surface area contributed by atoms with Crippen LogP contribution in [-0.2, 0) is 4.79 Å². The van der Waals surface area contributed by atoms with Crippen molar-refractivity contribution in [1.82, 2.24) is 10.2 Å². The molecule has 19 heavy (non-hydrogen) atoms. The van der Waals surface area contributed by atoms with Gasteiger partial charge in [0.1, 0.15) is 0 Å². The van der Waals surface area contributed by atoms with Gasteiger partial charge >= 0.3 is 12.0 Å². The zero-order valence-electron chi connectivity index (χ0n) is 12.4. The van der Waals surface area contributed by atoms with E-state index in [0.717, 1.165) is 19.3 Å². The van der Waals surface area contributed by atoms with E-state index in [2.05, 4.69) is 12.2 Å². The predicted octanol–water partition coefficient (Wildman–Crippen LogP) is 2.46. The number of amides is 2. The molecule has 0 spiro atoms. The third kappa shape index (κ3) is 3.39. The van der Waals surface area contributed by atoms with E-state index in [9.17, 15) is 14.7 Å². The van der Waals surface area contributed by atoms with Gasteiger partial charge in [0.2, 0.25) is 0 Å². The highest BCUT2D eigenvalue weighted by molar-refractivity contribution is 5.78. The Labute approximate surface area is 115 Å². The van der Waals surface area contributed by atoms with E-state index in [1.165, 1.54) is 0 Å². The van der Waals surface area contributed by atoms with Crippen LogP contribution in [0.15, 0.2) is 0 Å². The number of hydrogen-bond acceptors (Lipinski definition) is 2. The van der Waals surface area contributed by atoms with Crippen molar-refractivity contribution in [3.05, 3.63) is 0 Å². The molecule has 1 aliphatic rings. The molecule has 0 saturated carbocycles. The minimum atomic E-state index is -0.889. The summed E-state index contributed by atoms with van der Waals surface area (Å²) in [6, 6.07) is 0.396. The van der Waals surface area contributed by atoms with Gasteiger partial charge in [0.25, 0.3) is 0 Å². The van der Waals surface area contributed by atoms with Crippen LogP contribution in [0.4, 0.5) is 4.79 Å². The van der Waals surface area contributed by atoms with E-state index in [-0.39, 0.29) is 24.7 Å². The van der Waals surface area contributed by atoms with E-state index >= 15 is 0 Å². The molecule has 3 atom stereocenters. The van der Waals surface area contributed by atoms with Crippen molar-refractivity contribution in [2.45, 2.75) is 65.5 Å². The summed E-state index contributed by atoms with van der Waals surface area (Å²) in [4.78, 5) is 25.3. The fourth-order valence-electron chi connectivity index (χ4n) is 2.55. The van der Waals surface area contributed by atoms with Gasteiger partial charge in [0, 0.05) is 18.6 Å². The van der Waals surface area contributed by atoms with Crippen LogP contribution in [0.25, 0.3) is 0 Å². The molecule has 0 aromatic carbocycles. The topological polar surface area (TPSA) is 69.6 Å². The van der Waals surface area contributed by atoms with Crippen LogP contribution in [0.2, 0.25) is 0 Å². The van der Waals surface area contributed by atoms with Crippen LogP contribution < -0.4 is 5.32 Å². The van der Waals surface area contributed by atoms with Crippen molar-refractivity contribution in [2.24, 2.45) is 5.41 Å². The molecule has 1 aliphatic heterocycles. The quantitative estimate of drug-likeness (QED) is 0.806. The Morgan fingerprint density at radius 1 is 1.37 bits per heavy atom. The molecule has 0 aromatic heterocycles. The Hall–Kier alpha value is -1.26. The summed E-state index contributed by atoms with van der Waals surface area (Å²) in [6.45, 7) is 7.80. The Morgan fingerprint density at radius 3 is 2.47 bits per heavy atom. The zero-order valence-corrected chi connectivity index (χ0v) is 12.4. The summed E-state index contributed by atoms with van der Waals surface area (Å²) in [7, 11) is 0. The molecular formula is C14H26N2O3. The first-order valence-electron chi connectivity index (χ1n) is 7.15. The maximum Gasteiger partial charge on any atom is 0.317 e. The first kappa shape index (κ1) is 15.8. The standard InChI is InChI=1S/C14H26N2O3/c1-5-11-8-7-10(3)16(11)13(19)15-9-14(4,6-2)12(17)18/h10-11H,5-9H2,1-4H3,(H,15,19)(H,17,18). The summed E-state index contributed by atoms with van der Waals surface area (Å²) < 4.78 is 0. The number of carboxylic acids is 1. The molecule has 1 rings (SSSR count). The van der Waals surface area contributed by atoms with E-state index in [1.807, 2.05) is 18.7 Å². The number of hydrogen-bond donors (Lipinski definition) is 2. The Morgan fingerprint density at radius 2 is 2.00 bits per heavy atom. The van der Waals surface area contributed by atoms with Crippen molar-refractivity contribution in [2.75, 3.05) is 6.54 Å². The Kier molecular flexibility index (Phi) is 5.20. The summed E-state index contributed by atoms with van der Waals surface area (Å²) in [5.41, 5.74) is -0.889. The molecule has 3 unspecified atom stereocenters. The van der Waals surface area contributed by atoms with Gasteiger partial charge in [-0.15, -0.1) is 0 Å². The summed E-state index contributed by atoms with van der Waals surface area (Å²) >= 11 is 0. The van der Waals surface area contributed by atoms with Crippen LogP contribution in [0.3, 0.4) is 0 Å². The molecule has 5 heteroatoms. The lowest BCUT2D eigenvalue weighted by Crippen LogP contribution is -2.49. The number of carbonyl (C=O) groups is 2. The van der Waals surface area contributed by atoms with Crippen LogP contribution in [0, 0.1) is 5.41 Å². The second kappa shape index (κ2) is 6.26. The normalized spacial score (nSPS) is 26.0. The number of rotatable bonds is 5. The predicted molar refractivity (Wildman–Crippen MR) is 74.0 cm³/mol. The highest BCUT2D eigenvalue weighted by Crippen LogP contribution is 2.26. The molecule has 1 fully saturated rings. The Bertz CT molecular complexity index is 346. The molecule has 0 aromatic rings. The SMILES string of the molecule is CCC1CCC(C)N1C(=O)NCC(C)(CC)C(=O)O. The van der Waals surface area contributed by atoms with Crippen molar-refractivity contribution in [3.8, 4) is 0 Å². The van der Waals surface area contributed by atoms with Crippen molar-refractivity contribution in [3.63, 3.8) is 0 Å². The van der Waals surface area contributed by atoms with Crippen LogP contribution in [-0.4, -0.2) is 40.6 Å². The van der Waals surface area contributed by atoms with E-state index < -0.39 is 11.4 Å². The number of nitrogens with one attached hydrogen (secondary N) is 1. The number of aliphatic carboxylic acids is 1. The fourth-order valence-corrected chi connectivity index (χ4v) is 2.55. The molecule has 0 radical (unpaired) electrons. The minimum Gasteiger partial charge on any atom is -0.481 e. The number of urea groups is 1. The van der Waals surface area contributed by atoms with Crippen LogP contribution in [0.1, 0.15) is 53.4 Å². The van der Waals surface area contributed by atoms with Crippen molar-refractivity contribution in [1.29, 1.82) is 0 Å². The lowest BCUT2D eigenvalue weighted by molar-refractivity contribution is -0.147. The third-order valence-electron chi connectivity index (χ3n) is 4.42.